The van der Waals surface area contributed by atoms with Crippen LogP contribution in [-0.2, 0) is 0 Å². The number of carbonyl (C=O) groups excluding carboxylic acids is 1. The van der Waals surface area contributed by atoms with Gasteiger partial charge in [-0.2, -0.15) is 0 Å². The highest BCUT2D eigenvalue weighted by Gasteiger charge is 2.20. The summed E-state index contributed by atoms with van der Waals surface area (Å²) >= 11 is 0. The van der Waals surface area contributed by atoms with Crippen molar-refractivity contribution in [1.82, 2.24) is 9.97 Å². The number of pyridine rings is 2. The maximum absolute atomic E-state index is 14.6. The summed E-state index contributed by atoms with van der Waals surface area (Å²) in [7, 11) is 0. The van der Waals surface area contributed by atoms with Crippen LogP contribution in [0.3, 0.4) is 0 Å². The minimum atomic E-state index is -0.782. The molecule has 3 aromatic rings. The Morgan fingerprint density at radius 2 is 2.00 bits per heavy atom. The first-order chi connectivity index (χ1) is 13.9. The summed E-state index contributed by atoms with van der Waals surface area (Å²) in [5.74, 6) is -1.28. The average molecular weight is 396 g/mol. The largest absolute Gasteiger partial charge is 0.365 e. The normalized spacial score (nSPS) is 13.1. The van der Waals surface area contributed by atoms with Gasteiger partial charge in [-0.25, -0.2) is 9.37 Å². The molecule has 0 spiro atoms. The number of benzene rings is 1. The van der Waals surface area contributed by atoms with Crippen molar-refractivity contribution >= 4 is 34.1 Å². The molecular formula is C21H25FN6O. The second-order valence-corrected chi connectivity index (χ2v) is 6.98. The SMILES string of the molecule is CCC[C@@H](Nc1nc(Nc2cccc3cccnc23)c(C(N)=O)cc1F)[C@H](C)N. The zero-order chi connectivity index (χ0) is 21.0. The van der Waals surface area contributed by atoms with Crippen LogP contribution < -0.4 is 22.1 Å². The lowest BCUT2D eigenvalue weighted by molar-refractivity contribution is 0.100. The summed E-state index contributed by atoms with van der Waals surface area (Å²) in [6.07, 6.45) is 3.31. The molecule has 2 heterocycles. The molecule has 1 amide bonds. The predicted molar refractivity (Wildman–Crippen MR) is 114 cm³/mol. The molecule has 2 aromatic heterocycles. The monoisotopic (exact) mass is 396 g/mol. The molecule has 6 N–H and O–H groups in total. The summed E-state index contributed by atoms with van der Waals surface area (Å²) in [6.45, 7) is 3.88. The predicted octanol–water partition coefficient (Wildman–Crippen LogP) is 3.54. The van der Waals surface area contributed by atoms with Crippen LogP contribution in [0, 0.1) is 5.82 Å². The van der Waals surface area contributed by atoms with Crippen LogP contribution >= 0.6 is 0 Å². The lowest BCUT2D eigenvalue weighted by Crippen LogP contribution is -2.38. The Morgan fingerprint density at radius 1 is 1.24 bits per heavy atom. The summed E-state index contributed by atoms with van der Waals surface area (Å²) in [5.41, 5.74) is 12.8. The Balaban J connectivity index is 2.03. The number of rotatable bonds is 8. The zero-order valence-corrected chi connectivity index (χ0v) is 16.4. The first-order valence-electron chi connectivity index (χ1n) is 9.54. The van der Waals surface area contributed by atoms with Crippen LogP contribution in [0.2, 0.25) is 0 Å². The minimum absolute atomic E-state index is 0.0152. The average Bonchev–Trinajstić information content (AvgIpc) is 2.69. The minimum Gasteiger partial charge on any atom is -0.365 e. The molecule has 0 saturated carbocycles. The fraction of sp³-hybridized carbons (Fsp3) is 0.286. The summed E-state index contributed by atoms with van der Waals surface area (Å²) in [6, 6.07) is 10.1. The molecule has 2 atom stereocenters. The van der Waals surface area contributed by atoms with E-state index in [4.69, 9.17) is 11.5 Å². The molecule has 0 aliphatic carbocycles. The highest BCUT2D eigenvalue weighted by molar-refractivity contribution is 6.00. The number of para-hydroxylation sites is 1. The Hall–Kier alpha value is -3.26. The van der Waals surface area contributed by atoms with Crippen molar-refractivity contribution in [2.45, 2.75) is 38.8 Å². The number of fused-ring (bicyclic) bond motifs is 1. The van der Waals surface area contributed by atoms with Crippen molar-refractivity contribution in [2.75, 3.05) is 10.6 Å². The number of anilines is 3. The van der Waals surface area contributed by atoms with Gasteiger partial charge in [-0.15, -0.1) is 0 Å². The summed E-state index contributed by atoms with van der Waals surface area (Å²) in [5, 5.41) is 7.06. The standard InChI is InChI=1S/C21H25FN6O/c1-3-6-16(12(2)23)26-21-15(22)11-14(19(24)29)20(28-21)27-17-9-4-7-13-8-5-10-25-18(13)17/h4-5,7-12,16H,3,6,23H2,1-2H3,(H2,24,29)(H2,26,27,28)/t12-,16+/m0/s1. The van der Waals surface area contributed by atoms with Gasteiger partial charge in [0.2, 0.25) is 0 Å². The van der Waals surface area contributed by atoms with Gasteiger partial charge < -0.3 is 22.1 Å². The second-order valence-electron chi connectivity index (χ2n) is 6.98. The molecular weight excluding hydrogens is 371 g/mol. The Kier molecular flexibility index (Phi) is 6.23. The molecule has 1 aromatic carbocycles. The molecule has 7 nitrogen and oxygen atoms in total. The topological polar surface area (TPSA) is 119 Å². The van der Waals surface area contributed by atoms with Crippen LogP contribution in [0.25, 0.3) is 10.9 Å². The van der Waals surface area contributed by atoms with Gasteiger partial charge >= 0.3 is 0 Å². The summed E-state index contributed by atoms with van der Waals surface area (Å²) < 4.78 is 14.6. The number of hydrogen-bond acceptors (Lipinski definition) is 6. The molecule has 0 unspecified atom stereocenters. The van der Waals surface area contributed by atoms with E-state index in [1.165, 1.54) is 0 Å². The Bertz CT molecular complexity index is 1020. The van der Waals surface area contributed by atoms with E-state index < -0.39 is 11.7 Å². The van der Waals surface area contributed by atoms with Gasteiger partial charge in [0.15, 0.2) is 11.6 Å². The summed E-state index contributed by atoms with van der Waals surface area (Å²) in [4.78, 5) is 20.6. The molecule has 0 radical (unpaired) electrons. The number of amides is 1. The highest BCUT2D eigenvalue weighted by Crippen LogP contribution is 2.28. The Morgan fingerprint density at radius 3 is 2.69 bits per heavy atom. The van der Waals surface area contributed by atoms with E-state index in [0.717, 1.165) is 24.3 Å². The smallest absolute Gasteiger partial charge is 0.252 e. The number of carbonyl (C=O) groups is 1. The first kappa shape index (κ1) is 20.5. The van der Waals surface area contributed by atoms with Crippen molar-refractivity contribution in [3.63, 3.8) is 0 Å². The van der Waals surface area contributed by atoms with Gasteiger partial charge in [0, 0.05) is 23.7 Å². The van der Waals surface area contributed by atoms with Crippen LogP contribution in [0.4, 0.5) is 21.7 Å². The van der Waals surface area contributed by atoms with Crippen LogP contribution in [-0.4, -0.2) is 28.0 Å². The van der Waals surface area contributed by atoms with E-state index in [0.29, 0.717) is 11.2 Å². The van der Waals surface area contributed by atoms with Crippen LogP contribution in [0.5, 0.6) is 0 Å². The molecule has 0 aliphatic heterocycles. The third kappa shape index (κ3) is 4.60. The number of nitrogens with two attached hydrogens (primary N) is 2. The van der Waals surface area contributed by atoms with Gasteiger partial charge in [0.25, 0.3) is 5.91 Å². The van der Waals surface area contributed by atoms with Crippen LogP contribution in [0.1, 0.15) is 37.0 Å². The quantitative estimate of drug-likeness (QED) is 0.462. The lowest BCUT2D eigenvalue weighted by Gasteiger charge is -2.23. The van der Waals surface area contributed by atoms with Gasteiger partial charge in [0.05, 0.1) is 16.8 Å². The first-order valence-corrected chi connectivity index (χ1v) is 9.54. The molecule has 3 rings (SSSR count). The number of nitrogens with one attached hydrogen (secondary N) is 2. The van der Waals surface area contributed by atoms with E-state index >= 15 is 0 Å². The van der Waals surface area contributed by atoms with Crippen molar-refractivity contribution in [3.8, 4) is 0 Å². The van der Waals surface area contributed by atoms with E-state index in [1.807, 2.05) is 38.1 Å². The van der Waals surface area contributed by atoms with Gasteiger partial charge in [-0.1, -0.05) is 31.5 Å². The molecule has 0 aliphatic rings. The number of aromatic nitrogens is 2. The molecule has 152 valence electrons. The van der Waals surface area contributed by atoms with E-state index in [-0.39, 0.29) is 29.3 Å². The fourth-order valence-electron chi connectivity index (χ4n) is 3.16. The molecule has 0 saturated heterocycles. The van der Waals surface area contributed by atoms with Gasteiger partial charge in [-0.05, 0) is 31.5 Å². The van der Waals surface area contributed by atoms with Crippen molar-refractivity contribution < 1.29 is 9.18 Å². The second kappa shape index (κ2) is 8.83. The molecule has 29 heavy (non-hydrogen) atoms. The number of primary amides is 1. The fourth-order valence-corrected chi connectivity index (χ4v) is 3.16. The van der Waals surface area contributed by atoms with Crippen molar-refractivity contribution in [3.05, 3.63) is 54.0 Å². The van der Waals surface area contributed by atoms with Gasteiger partial charge in [-0.3, -0.25) is 9.78 Å². The molecule has 0 bridgehead atoms. The third-order valence-electron chi connectivity index (χ3n) is 4.68. The molecule has 8 heteroatoms. The Labute approximate surface area is 168 Å². The lowest BCUT2D eigenvalue weighted by atomic mass is 10.1. The number of nitrogens with zero attached hydrogens (tertiary/aromatic N) is 2. The maximum Gasteiger partial charge on any atom is 0.252 e. The molecule has 0 fully saturated rings. The maximum atomic E-state index is 14.6. The zero-order valence-electron chi connectivity index (χ0n) is 16.4. The number of halogens is 1. The van der Waals surface area contributed by atoms with E-state index in [1.54, 1.807) is 12.3 Å². The van der Waals surface area contributed by atoms with Crippen molar-refractivity contribution in [1.29, 1.82) is 0 Å². The van der Waals surface area contributed by atoms with E-state index in [9.17, 15) is 9.18 Å². The number of hydrogen-bond donors (Lipinski definition) is 4. The van der Waals surface area contributed by atoms with Gasteiger partial charge in [0.1, 0.15) is 5.82 Å². The third-order valence-corrected chi connectivity index (χ3v) is 4.68. The van der Waals surface area contributed by atoms with Crippen molar-refractivity contribution in [2.24, 2.45) is 11.5 Å². The highest BCUT2D eigenvalue weighted by atomic mass is 19.1. The van der Waals surface area contributed by atoms with E-state index in [2.05, 4.69) is 20.6 Å². The van der Waals surface area contributed by atoms with Crippen LogP contribution in [0.15, 0.2) is 42.6 Å².